The Kier molecular flexibility index (Phi) is 1.76. The third-order valence-corrected chi connectivity index (χ3v) is 2.52. The molecule has 0 aromatic heterocycles. The molecule has 15 heavy (non-hydrogen) atoms. The number of esters is 4. The van der Waals surface area contributed by atoms with Crippen LogP contribution in [0.4, 0.5) is 0 Å². The molecule has 2 fully saturated rings. The van der Waals surface area contributed by atoms with Gasteiger partial charge in [0.25, 0.3) is 0 Å². The van der Waals surface area contributed by atoms with Crippen molar-refractivity contribution >= 4 is 23.9 Å². The van der Waals surface area contributed by atoms with Crippen LogP contribution in [0.3, 0.4) is 0 Å². The summed E-state index contributed by atoms with van der Waals surface area (Å²) >= 11 is 0. The molecule has 0 aromatic rings. The Labute approximate surface area is 83.8 Å². The van der Waals surface area contributed by atoms with Gasteiger partial charge in [0.15, 0.2) is 0 Å². The molecule has 6 heteroatoms. The molecule has 0 atom stereocenters. The van der Waals surface area contributed by atoms with E-state index in [1.165, 1.54) is 0 Å². The molecule has 2 aliphatic heterocycles. The molecule has 1 spiro atoms. The van der Waals surface area contributed by atoms with Crippen LogP contribution in [0, 0.1) is 5.41 Å². The highest BCUT2D eigenvalue weighted by atomic mass is 16.6. The molecule has 0 aromatic carbocycles. The molecule has 0 aliphatic carbocycles. The number of ether oxygens (including phenoxy) is 2. The molecule has 0 N–H and O–H groups in total. The summed E-state index contributed by atoms with van der Waals surface area (Å²) in [6.07, 6.45) is -0.746. The Morgan fingerprint density at radius 2 is 1.53 bits per heavy atom. The summed E-state index contributed by atoms with van der Waals surface area (Å²) in [6, 6.07) is 0. The molecule has 0 unspecified atom stereocenters. The van der Waals surface area contributed by atoms with Crippen LogP contribution in [0.1, 0.15) is 12.8 Å². The molecule has 0 saturated carbocycles. The van der Waals surface area contributed by atoms with Crippen molar-refractivity contribution in [2.45, 2.75) is 12.8 Å². The minimum atomic E-state index is -1.52. The predicted molar refractivity (Wildman–Crippen MR) is 43.0 cm³/mol. The monoisotopic (exact) mass is 210 g/mol. The minimum Gasteiger partial charge on any atom is -0.393 e. The van der Waals surface area contributed by atoms with Gasteiger partial charge in [-0.2, -0.15) is 0 Å². The first-order valence-corrected chi connectivity index (χ1v) is 4.15. The molecule has 0 radical (unpaired) electrons. The molecule has 2 saturated heterocycles. The smallest absolute Gasteiger partial charge is 0.342 e. The van der Waals surface area contributed by atoms with E-state index in [4.69, 9.17) is 0 Å². The lowest BCUT2D eigenvalue weighted by Crippen LogP contribution is -2.39. The lowest BCUT2D eigenvalue weighted by Gasteiger charge is -2.26. The molecule has 2 rings (SSSR count). The number of hydrogen-bond acceptors (Lipinski definition) is 6. The van der Waals surface area contributed by atoms with E-state index >= 15 is 0 Å². The van der Waals surface area contributed by atoms with Crippen molar-refractivity contribution in [1.82, 2.24) is 0 Å². The van der Waals surface area contributed by atoms with Gasteiger partial charge in [-0.1, -0.05) is 6.58 Å². The maximum absolute atomic E-state index is 11.4. The zero-order valence-electron chi connectivity index (χ0n) is 7.57. The van der Waals surface area contributed by atoms with Crippen LogP contribution in [0.2, 0.25) is 0 Å². The third kappa shape index (κ3) is 1.18. The minimum absolute atomic E-state index is 0.155. The van der Waals surface area contributed by atoms with Crippen molar-refractivity contribution < 1.29 is 28.7 Å². The van der Waals surface area contributed by atoms with Gasteiger partial charge in [-0.3, -0.25) is 14.4 Å². The zero-order valence-corrected chi connectivity index (χ0v) is 7.57. The van der Waals surface area contributed by atoms with E-state index in [1.54, 1.807) is 0 Å². The second kappa shape index (κ2) is 2.75. The summed E-state index contributed by atoms with van der Waals surface area (Å²) in [5.74, 6) is -3.48. The molecule has 6 nitrogen and oxygen atoms in total. The van der Waals surface area contributed by atoms with Crippen molar-refractivity contribution in [2.75, 3.05) is 0 Å². The largest absolute Gasteiger partial charge is 0.393 e. The second-order valence-electron chi connectivity index (χ2n) is 3.44. The first-order valence-electron chi connectivity index (χ1n) is 4.15. The highest BCUT2D eigenvalue weighted by Gasteiger charge is 2.58. The quantitative estimate of drug-likeness (QED) is 0.303. The number of carbonyl (C=O) groups is 4. The van der Waals surface area contributed by atoms with Crippen LogP contribution in [0.5, 0.6) is 0 Å². The van der Waals surface area contributed by atoms with E-state index in [0.717, 1.165) is 0 Å². The maximum atomic E-state index is 11.4. The van der Waals surface area contributed by atoms with Crippen LogP contribution in [0.15, 0.2) is 12.2 Å². The van der Waals surface area contributed by atoms with E-state index in [0.29, 0.717) is 0 Å². The SMILES string of the molecule is C=C1C(=O)OC(=O)C12CC(=O)OC(=O)C2. The summed E-state index contributed by atoms with van der Waals surface area (Å²) in [6.45, 7) is 3.38. The molecule has 2 heterocycles. The van der Waals surface area contributed by atoms with Gasteiger partial charge in [-0.15, -0.1) is 0 Å². The van der Waals surface area contributed by atoms with Crippen molar-refractivity contribution in [3.63, 3.8) is 0 Å². The summed E-state index contributed by atoms with van der Waals surface area (Å²) in [5.41, 5.74) is -1.68. The Morgan fingerprint density at radius 1 is 1.00 bits per heavy atom. The van der Waals surface area contributed by atoms with Gasteiger partial charge in [0.2, 0.25) is 0 Å². The van der Waals surface area contributed by atoms with Crippen molar-refractivity contribution in [2.24, 2.45) is 5.41 Å². The summed E-state index contributed by atoms with van der Waals surface area (Å²) in [5, 5.41) is 0. The van der Waals surface area contributed by atoms with Gasteiger partial charge in [0.05, 0.1) is 12.8 Å². The second-order valence-corrected chi connectivity index (χ2v) is 3.44. The van der Waals surface area contributed by atoms with Gasteiger partial charge in [-0.05, 0) is 0 Å². The Balaban J connectivity index is 2.44. The lowest BCUT2D eigenvalue weighted by molar-refractivity contribution is -0.173. The third-order valence-electron chi connectivity index (χ3n) is 2.52. The fourth-order valence-corrected chi connectivity index (χ4v) is 1.67. The topological polar surface area (TPSA) is 86.7 Å². The molecular formula is C9H6O6. The van der Waals surface area contributed by atoms with Crippen LogP contribution in [-0.2, 0) is 28.7 Å². The molecule has 78 valence electrons. The average molecular weight is 210 g/mol. The fourth-order valence-electron chi connectivity index (χ4n) is 1.67. The van der Waals surface area contributed by atoms with Gasteiger partial charge in [0, 0.05) is 5.57 Å². The van der Waals surface area contributed by atoms with E-state index in [1.807, 2.05) is 0 Å². The number of carbonyl (C=O) groups excluding carboxylic acids is 4. The molecule has 2 aliphatic rings. The van der Waals surface area contributed by atoms with Crippen LogP contribution >= 0.6 is 0 Å². The van der Waals surface area contributed by atoms with E-state index in [2.05, 4.69) is 16.1 Å². The van der Waals surface area contributed by atoms with Gasteiger partial charge >= 0.3 is 23.9 Å². The highest BCUT2D eigenvalue weighted by Crippen LogP contribution is 2.44. The lowest BCUT2D eigenvalue weighted by atomic mass is 9.75. The standard InChI is InChI=1S/C9H6O6/c1-4-7(12)15-8(13)9(4)2-5(10)14-6(11)3-9/h1-3H2. The van der Waals surface area contributed by atoms with Crippen LogP contribution in [-0.4, -0.2) is 23.9 Å². The molecule has 0 amide bonds. The average Bonchev–Trinajstić information content (AvgIpc) is 2.30. The van der Waals surface area contributed by atoms with E-state index < -0.39 is 29.3 Å². The fraction of sp³-hybridized carbons (Fsp3) is 0.333. The molecular weight excluding hydrogens is 204 g/mol. The van der Waals surface area contributed by atoms with Crippen LogP contribution < -0.4 is 0 Å². The van der Waals surface area contributed by atoms with E-state index in [9.17, 15) is 19.2 Å². The van der Waals surface area contributed by atoms with Gasteiger partial charge in [-0.25, -0.2) is 4.79 Å². The van der Waals surface area contributed by atoms with Gasteiger partial charge < -0.3 is 9.47 Å². The number of rotatable bonds is 0. The first kappa shape index (κ1) is 9.57. The van der Waals surface area contributed by atoms with Crippen molar-refractivity contribution in [3.05, 3.63) is 12.2 Å². The van der Waals surface area contributed by atoms with Gasteiger partial charge in [0.1, 0.15) is 5.41 Å². The number of hydrogen-bond donors (Lipinski definition) is 0. The normalized spacial score (nSPS) is 24.4. The Morgan fingerprint density at radius 3 is 1.93 bits per heavy atom. The predicted octanol–water partition coefficient (Wildman–Crippen LogP) is -0.524. The van der Waals surface area contributed by atoms with Crippen molar-refractivity contribution in [3.8, 4) is 0 Å². The first-order chi connectivity index (χ1) is 6.95. The number of cyclic esters (lactones) is 4. The Bertz CT molecular complexity index is 402. The summed E-state index contributed by atoms with van der Waals surface area (Å²) in [4.78, 5) is 44.5. The van der Waals surface area contributed by atoms with Crippen molar-refractivity contribution in [1.29, 1.82) is 0 Å². The van der Waals surface area contributed by atoms with E-state index in [-0.39, 0.29) is 18.4 Å². The summed E-state index contributed by atoms with van der Waals surface area (Å²) in [7, 11) is 0. The van der Waals surface area contributed by atoms with Crippen LogP contribution in [0.25, 0.3) is 0 Å². The highest BCUT2D eigenvalue weighted by molar-refractivity contribution is 6.13. The zero-order chi connectivity index (χ0) is 11.2. The molecule has 0 bridgehead atoms. The maximum Gasteiger partial charge on any atom is 0.342 e. The Hall–Kier alpha value is -1.98. The summed E-state index contributed by atoms with van der Waals surface area (Å²) < 4.78 is 8.59.